The number of fused-ring (bicyclic) bond motifs is 1. The zero-order valence-corrected chi connectivity index (χ0v) is 14.3. The maximum atomic E-state index is 11.4. The third kappa shape index (κ3) is 2.28. The lowest BCUT2D eigenvalue weighted by Gasteiger charge is -2.57. The first kappa shape index (κ1) is 15.3. The molecule has 0 bridgehead atoms. The molecule has 1 saturated heterocycles. The molecule has 7 heteroatoms. The molecule has 1 aliphatic rings. The Kier molecular flexibility index (Phi) is 3.45. The zero-order chi connectivity index (χ0) is 16.1. The smallest absolute Gasteiger partial charge is 0.335 e. The Bertz CT molecular complexity index is 741. The maximum absolute atomic E-state index is 11.4. The number of carbonyl (C=O) groups excluding carboxylic acids is 1. The van der Waals surface area contributed by atoms with Crippen molar-refractivity contribution >= 4 is 45.1 Å². The van der Waals surface area contributed by atoms with Gasteiger partial charge < -0.3 is 9.97 Å². The number of hydrogen-bond acceptors (Lipinski definition) is 4. The van der Waals surface area contributed by atoms with Gasteiger partial charge in [0.2, 0.25) is 0 Å². The molecule has 116 valence electrons. The zero-order valence-electron chi connectivity index (χ0n) is 13.5. The summed E-state index contributed by atoms with van der Waals surface area (Å²) in [5.74, 6) is 0. The van der Waals surface area contributed by atoms with Crippen LogP contribution < -0.4 is 16.1 Å². The highest BCUT2D eigenvalue weighted by Crippen LogP contribution is 2.53. The predicted octanol–water partition coefficient (Wildman–Crippen LogP) is 2.84. The van der Waals surface area contributed by atoms with Crippen LogP contribution in [-0.2, 0) is 4.65 Å². The van der Waals surface area contributed by atoms with E-state index in [0.717, 1.165) is 15.7 Å². The minimum Gasteiger partial charge on any atom is -0.425 e. The van der Waals surface area contributed by atoms with Crippen LogP contribution in [-0.4, -0.2) is 30.6 Å². The molecule has 3 rings (SSSR count). The van der Waals surface area contributed by atoms with Crippen LogP contribution >= 0.6 is 11.3 Å². The lowest BCUT2D eigenvalue weighted by molar-refractivity contribution is -0.00938. The summed E-state index contributed by atoms with van der Waals surface area (Å²) in [6, 6.07) is 5.90. The number of rotatable bonds is 2. The second-order valence-corrected chi connectivity index (χ2v) is 7.71. The first-order valence-electron chi connectivity index (χ1n) is 7.31. The van der Waals surface area contributed by atoms with Crippen LogP contribution in [0.5, 0.6) is 0 Å². The van der Waals surface area contributed by atoms with Gasteiger partial charge in [0.1, 0.15) is 0 Å². The third-order valence-corrected chi connectivity index (χ3v) is 5.72. The van der Waals surface area contributed by atoms with Crippen molar-refractivity contribution in [3.8, 4) is 0 Å². The SMILES string of the molecule is CNC(=O)Nc1nc2ccc(B3OC(C)(C)C3(C)C)cc2s1. The average molecular weight is 317 g/mol. The Morgan fingerprint density at radius 2 is 2.05 bits per heavy atom. The van der Waals surface area contributed by atoms with Crippen molar-refractivity contribution in [2.24, 2.45) is 0 Å². The van der Waals surface area contributed by atoms with Crippen LogP contribution in [0.1, 0.15) is 27.7 Å². The number of amides is 2. The number of aromatic nitrogens is 1. The lowest BCUT2D eigenvalue weighted by atomic mass is 9.33. The second-order valence-electron chi connectivity index (χ2n) is 6.68. The van der Waals surface area contributed by atoms with Gasteiger partial charge in [0.15, 0.2) is 5.13 Å². The molecular weight excluding hydrogens is 297 g/mol. The Hall–Kier alpha value is -1.60. The molecule has 22 heavy (non-hydrogen) atoms. The summed E-state index contributed by atoms with van der Waals surface area (Å²) in [6.07, 6.45) is 0. The molecule has 2 heterocycles. The summed E-state index contributed by atoms with van der Waals surface area (Å²) in [5, 5.41) is 5.91. The largest absolute Gasteiger partial charge is 0.425 e. The van der Waals surface area contributed by atoms with Gasteiger partial charge >= 0.3 is 12.9 Å². The predicted molar refractivity (Wildman–Crippen MR) is 92.3 cm³/mol. The van der Waals surface area contributed by atoms with Crippen LogP contribution in [0.4, 0.5) is 9.93 Å². The fourth-order valence-corrected chi connectivity index (χ4v) is 3.56. The molecule has 0 unspecified atom stereocenters. The second kappa shape index (κ2) is 4.96. The van der Waals surface area contributed by atoms with Gasteiger partial charge in [-0.15, -0.1) is 0 Å². The molecule has 0 radical (unpaired) electrons. The van der Waals surface area contributed by atoms with Gasteiger partial charge in [-0.05, 0) is 31.4 Å². The standard InChI is InChI=1S/C15H20BN3O2S/c1-14(2)15(3,4)21-16(14)9-6-7-10-11(8-9)22-13(18-10)19-12(20)17-5/h6-8H,1-5H3,(H2,17,18,19,20). The molecule has 1 aromatic carbocycles. The van der Waals surface area contributed by atoms with Crippen LogP contribution in [0, 0.1) is 0 Å². The molecule has 1 aromatic heterocycles. The van der Waals surface area contributed by atoms with E-state index in [0.29, 0.717) is 5.13 Å². The Labute approximate surface area is 134 Å². The van der Waals surface area contributed by atoms with Gasteiger partial charge in [0.05, 0.1) is 10.2 Å². The number of urea groups is 1. The fraction of sp³-hybridized carbons (Fsp3) is 0.467. The molecule has 0 spiro atoms. The van der Waals surface area contributed by atoms with Crippen LogP contribution in [0.3, 0.4) is 0 Å². The van der Waals surface area contributed by atoms with E-state index in [2.05, 4.69) is 55.4 Å². The van der Waals surface area contributed by atoms with Crippen molar-refractivity contribution in [3.05, 3.63) is 18.2 Å². The van der Waals surface area contributed by atoms with E-state index in [1.807, 2.05) is 6.07 Å². The quantitative estimate of drug-likeness (QED) is 0.837. The molecule has 5 nitrogen and oxygen atoms in total. The maximum Gasteiger partial charge on any atom is 0.335 e. The molecule has 2 aromatic rings. The highest BCUT2D eigenvalue weighted by atomic mass is 32.1. The van der Waals surface area contributed by atoms with Gasteiger partial charge in [-0.1, -0.05) is 31.3 Å². The highest BCUT2D eigenvalue weighted by molar-refractivity contribution is 7.22. The van der Waals surface area contributed by atoms with Gasteiger partial charge in [-0.3, -0.25) is 5.32 Å². The van der Waals surface area contributed by atoms with Crippen LogP contribution in [0.2, 0.25) is 5.31 Å². The molecular formula is C15H20BN3O2S. The van der Waals surface area contributed by atoms with E-state index in [1.165, 1.54) is 11.3 Å². The minimum absolute atomic E-state index is 0.0779. The van der Waals surface area contributed by atoms with E-state index >= 15 is 0 Å². The van der Waals surface area contributed by atoms with Crippen molar-refractivity contribution in [2.45, 2.75) is 38.6 Å². The molecule has 0 saturated carbocycles. The molecule has 1 aliphatic heterocycles. The van der Waals surface area contributed by atoms with Crippen LogP contribution in [0.15, 0.2) is 18.2 Å². The molecule has 2 N–H and O–H groups in total. The van der Waals surface area contributed by atoms with Gasteiger partial charge in [0, 0.05) is 18.0 Å². The van der Waals surface area contributed by atoms with Crippen LogP contribution in [0.25, 0.3) is 10.2 Å². The third-order valence-electron chi connectivity index (χ3n) is 4.78. The first-order chi connectivity index (χ1) is 10.2. The minimum atomic E-state index is -0.260. The topological polar surface area (TPSA) is 63.2 Å². The summed E-state index contributed by atoms with van der Waals surface area (Å²) in [7, 11) is 1.58. The lowest BCUT2D eigenvalue weighted by Crippen LogP contribution is -2.66. The number of benzene rings is 1. The molecule has 0 aliphatic carbocycles. The number of thiazole rings is 1. The van der Waals surface area contributed by atoms with E-state index < -0.39 is 0 Å². The van der Waals surface area contributed by atoms with E-state index in [-0.39, 0.29) is 23.9 Å². The first-order valence-corrected chi connectivity index (χ1v) is 8.13. The summed E-state index contributed by atoms with van der Waals surface area (Å²) < 4.78 is 7.12. The fourth-order valence-electron chi connectivity index (χ4n) is 2.65. The van der Waals surface area contributed by atoms with E-state index in [1.54, 1.807) is 7.05 Å². The number of anilines is 1. The van der Waals surface area contributed by atoms with Gasteiger partial charge in [-0.25, -0.2) is 9.78 Å². The number of hydrogen-bond donors (Lipinski definition) is 2. The average Bonchev–Trinajstić information content (AvgIpc) is 2.85. The monoisotopic (exact) mass is 317 g/mol. The molecule has 1 fully saturated rings. The molecule has 2 amide bonds. The Morgan fingerprint density at radius 3 is 2.64 bits per heavy atom. The normalized spacial score (nSPS) is 18.9. The summed E-state index contributed by atoms with van der Waals surface area (Å²) >= 11 is 1.47. The van der Waals surface area contributed by atoms with Crippen molar-refractivity contribution in [1.82, 2.24) is 10.3 Å². The van der Waals surface area contributed by atoms with Crippen molar-refractivity contribution in [2.75, 3.05) is 12.4 Å². The summed E-state index contributed by atoms with van der Waals surface area (Å²) in [6.45, 7) is 8.80. The Morgan fingerprint density at radius 1 is 1.32 bits per heavy atom. The summed E-state index contributed by atoms with van der Waals surface area (Å²) in [5.41, 5.74) is 1.93. The number of carbonyl (C=O) groups is 1. The van der Waals surface area contributed by atoms with E-state index in [9.17, 15) is 4.79 Å². The van der Waals surface area contributed by atoms with E-state index in [4.69, 9.17) is 4.65 Å². The summed E-state index contributed by atoms with van der Waals surface area (Å²) in [4.78, 5) is 15.8. The van der Waals surface area contributed by atoms with Gasteiger partial charge in [-0.2, -0.15) is 0 Å². The number of nitrogens with zero attached hydrogens (tertiary/aromatic N) is 1. The van der Waals surface area contributed by atoms with Crippen molar-refractivity contribution in [3.63, 3.8) is 0 Å². The van der Waals surface area contributed by atoms with Crippen molar-refractivity contribution < 1.29 is 9.45 Å². The number of nitrogens with one attached hydrogen (secondary N) is 2. The Balaban J connectivity index is 1.89. The molecule has 0 atom stereocenters. The highest BCUT2D eigenvalue weighted by Gasteiger charge is 2.59. The van der Waals surface area contributed by atoms with Crippen molar-refractivity contribution in [1.29, 1.82) is 0 Å². The van der Waals surface area contributed by atoms with Gasteiger partial charge in [0.25, 0.3) is 0 Å².